The van der Waals surface area contributed by atoms with E-state index >= 15 is 0 Å². The molecule has 0 saturated heterocycles. The van der Waals surface area contributed by atoms with Gasteiger partial charge in [0.2, 0.25) is 0 Å². The van der Waals surface area contributed by atoms with E-state index in [4.69, 9.17) is 0 Å². The summed E-state index contributed by atoms with van der Waals surface area (Å²) < 4.78 is 13.5. The van der Waals surface area contributed by atoms with Crippen molar-refractivity contribution in [2.45, 2.75) is 13.5 Å². The number of aryl methyl sites for hydroxylation is 1. The third-order valence-electron chi connectivity index (χ3n) is 3.03. The molecule has 0 heterocycles. The first-order chi connectivity index (χ1) is 9.08. The van der Waals surface area contributed by atoms with Gasteiger partial charge in [0.25, 0.3) is 5.91 Å². The molecule has 0 saturated carbocycles. The van der Waals surface area contributed by atoms with Crippen molar-refractivity contribution in [2.75, 3.05) is 7.05 Å². The van der Waals surface area contributed by atoms with E-state index in [1.807, 2.05) is 30.3 Å². The lowest BCUT2D eigenvalue weighted by Crippen LogP contribution is -2.26. The molecule has 2 aromatic carbocycles. The minimum Gasteiger partial charge on any atom is -0.337 e. The van der Waals surface area contributed by atoms with Gasteiger partial charge in [0.05, 0.1) is 0 Å². The van der Waals surface area contributed by atoms with Crippen LogP contribution >= 0.6 is 0 Å². The third-order valence-corrected chi connectivity index (χ3v) is 3.03. The minimum absolute atomic E-state index is 0.178. The van der Waals surface area contributed by atoms with Crippen molar-refractivity contribution in [1.29, 1.82) is 0 Å². The number of benzene rings is 2. The van der Waals surface area contributed by atoms with Gasteiger partial charge in [0, 0.05) is 19.2 Å². The summed E-state index contributed by atoms with van der Waals surface area (Å²) in [7, 11) is 1.72. The van der Waals surface area contributed by atoms with Crippen molar-refractivity contribution in [3.63, 3.8) is 0 Å². The van der Waals surface area contributed by atoms with Gasteiger partial charge >= 0.3 is 0 Å². The molecule has 0 fully saturated rings. The van der Waals surface area contributed by atoms with Gasteiger partial charge in [-0.25, -0.2) is 4.39 Å². The molecule has 0 aliphatic heterocycles. The summed E-state index contributed by atoms with van der Waals surface area (Å²) in [5.41, 5.74) is 1.97. The average Bonchev–Trinajstić information content (AvgIpc) is 2.42. The fourth-order valence-electron chi connectivity index (χ4n) is 1.88. The number of hydrogen-bond acceptors (Lipinski definition) is 1. The normalized spacial score (nSPS) is 10.3. The topological polar surface area (TPSA) is 20.3 Å². The van der Waals surface area contributed by atoms with E-state index in [9.17, 15) is 9.18 Å². The lowest BCUT2D eigenvalue weighted by molar-refractivity contribution is 0.0784. The Morgan fingerprint density at radius 2 is 1.84 bits per heavy atom. The highest BCUT2D eigenvalue weighted by molar-refractivity contribution is 5.94. The van der Waals surface area contributed by atoms with Crippen LogP contribution in [0.3, 0.4) is 0 Å². The zero-order valence-electron chi connectivity index (χ0n) is 11.1. The van der Waals surface area contributed by atoms with Gasteiger partial charge in [-0.05, 0) is 30.2 Å². The van der Waals surface area contributed by atoms with Gasteiger partial charge < -0.3 is 4.90 Å². The van der Waals surface area contributed by atoms with Crippen LogP contribution in [-0.4, -0.2) is 17.9 Å². The van der Waals surface area contributed by atoms with Crippen LogP contribution in [0.2, 0.25) is 0 Å². The van der Waals surface area contributed by atoms with Crippen LogP contribution in [0.15, 0.2) is 48.5 Å². The predicted molar refractivity (Wildman–Crippen MR) is 73.4 cm³/mol. The molecule has 0 spiro atoms. The molecule has 98 valence electrons. The molecule has 0 unspecified atom stereocenters. The molecule has 19 heavy (non-hydrogen) atoms. The van der Waals surface area contributed by atoms with Crippen LogP contribution in [0, 0.1) is 12.7 Å². The quantitative estimate of drug-likeness (QED) is 0.825. The molecule has 0 atom stereocenters. The van der Waals surface area contributed by atoms with Gasteiger partial charge in [0.15, 0.2) is 0 Å². The van der Waals surface area contributed by atoms with Crippen LogP contribution in [0.25, 0.3) is 0 Å². The Balaban J connectivity index is 2.12. The highest BCUT2D eigenvalue weighted by atomic mass is 19.1. The van der Waals surface area contributed by atoms with Crippen molar-refractivity contribution in [3.8, 4) is 0 Å². The molecule has 0 radical (unpaired) electrons. The lowest BCUT2D eigenvalue weighted by Gasteiger charge is -2.17. The SMILES string of the molecule is Cc1ccc(C(=O)N(C)Cc2ccccc2)cc1F. The second kappa shape index (κ2) is 5.65. The first-order valence-electron chi connectivity index (χ1n) is 6.13. The van der Waals surface area contributed by atoms with Gasteiger partial charge in [-0.3, -0.25) is 4.79 Å². The monoisotopic (exact) mass is 257 g/mol. The number of carbonyl (C=O) groups excluding carboxylic acids is 1. The molecule has 0 N–H and O–H groups in total. The minimum atomic E-state index is -0.348. The number of carbonyl (C=O) groups is 1. The van der Waals surface area contributed by atoms with E-state index in [0.29, 0.717) is 17.7 Å². The van der Waals surface area contributed by atoms with E-state index in [1.165, 1.54) is 6.07 Å². The fourth-order valence-corrected chi connectivity index (χ4v) is 1.88. The standard InChI is InChI=1S/C16H16FNO/c1-12-8-9-14(10-15(12)17)16(19)18(2)11-13-6-4-3-5-7-13/h3-10H,11H2,1-2H3. The van der Waals surface area contributed by atoms with Crippen LogP contribution < -0.4 is 0 Å². The Hall–Kier alpha value is -2.16. The van der Waals surface area contributed by atoms with Gasteiger partial charge in [-0.2, -0.15) is 0 Å². The molecular weight excluding hydrogens is 241 g/mol. The summed E-state index contributed by atoms with van der Waals surface area (Å²) in [6.45, 7) is 2.19. The summed E-state index contributed by atoms with van der Waals surface area (Å²) in [6.07, 6.45) is 0. The Bertz CT molecular complexity index is 581. The average molecular weight is 257 g/mol. The molecule has 0 aliphatic rings. The molecule has 3 heteroatoms. The number of nitrogens with zero attached hydrogens (tertiary/aromatic N) is 1. The van der Waals surface area contributed by atoms with Gasteiger partial charge in [-0.15, -0.1) is 0 Å². The van der Waals surface area contributed by atoms with Gasteiger partial charge in [0.1, 0.15) is 5.82 Å². The van der Waals surface area contributed by atoms with Crippen LogP contribution in [0.1, 0.15) is 21.5 Å². The van der Waals surface area contributed by atoms with Crippen molar-refractivity contribution in [2.24, 2.45) is 0 Å². The van der Waals surface area contributed by atoms with E-state index < -0.39 is 0 Å². The zero-order chi connectivity index (χ0) is 13.8. The van der Waals surface area contributed by atoms with Crippen molar-refractivity contribution < 1.29 is 9.18 Å². The zero-order valence-corrected chi connectivity index (χ0v) is 11.1. The van der Waals surface area contributed by atoms with Crippen LogP contribution in [-0.2, 0) is 6.54 Å². The second-order valence-electron chi connectivity index (χ2n) is 4.61. The lowest BCUT2D eigenvalue weighted by atomic mass is 10.1. The highest BCUT2D eigenvalue weighted by Crippen LogP contribution is 2.12. The molecule has 0 aromatic heterocycles. The van der Waals surface area contributed by atoms with Crippen molar-refractivity contribution in [1.82, 2.24) is 4.90 Å². The molecular formula is C16H16FNO. The molecule has 0 bridgehead atoms. The van der Waals surface area contributed by atoms with Crippen molar-refractivity contribution in [3.05, 3.63) is 71.0 Å². The maximum absolute atomic E-state index is 13.5. The highest BCUT2D eigenvalue weighted by Gasteiger charge is 2.13. The van der Waals surface area contributed by atoms with Crippen LogP contribution in [0.4, 0.5) is 4.39 Å². The maximum atomic E-state index is 13.5. The number of rotatable bonds is 3. The summed E-state index contributed by atoms with van der Waals surface area (Å²) >= 11 is 0. The first kappa shape index (κ1) is 13.3. The number of hydrogen-bond donors (Lipinski definition) is 0. The number of halogens is 1. The molecule has 2 rings (SSSR count). The Labute approximate surface area is 112 Å². The van der Waals surface area contributed by atoms with Crippen LogP contribution in [0.5, 0.6) is 0 Å². The second-order valence-corrected chi connectivity index (χ2v) is 4.61. The van der Waals surface area contributed by atoms with Gasteiger partial charge in [-0.1, -0.05) is 36.4 Å². The Morgan fingerprint density at radius 3 is 2.47 bits per heavy atom. The summed E-state index contributed by atoms with van der Waals surface area (Å²) in [4.78, 5) is 13.8. The smallest absolute Gasteiger partial charge is 0.253 e. The number of amides is 1. The summed E-state index contributed by atoms with van der Waals surface area (Å²) in [5.74, 6) is -0.526. The Morgan fingerprint density at radius 1 is 1.16 bits per heavy atom. The van der Waals surface area contributed by atoms with E-state index in [1.54, 1.807) is 31.0 Å². The summed E-state index contributed by atoms with van der Waals surface area (Å²) in [6, 6.07) is 14.3. The molecule has 0 aliphatic carbocycles. The summed E-state index contributed by atoms with van der Waals surface area (Å²) in [5, 5.41) is 0. The molecule has 1 amide bonds. The van der Waals surface area contributed by atoms with Crippen molar-refractivity contribution >= 4 is 5.91 Å². The van der Waals surface area contributed by atoms with E-state index in [0.717, 1.165) is 5.56 Å². The van der Waals surface area contributed by atoms with E-state index in [2.05, 4.69) is 0 Å². The fraction of sp³-hybridized carbons (Fsp3) is 0.188. The molecule has 2 aromatic rings. The maximum Gasteiger partial charge on any atom is 0.253 e. The predicted octanol–water partition coefficient (Wildman–Crippen LogP) is 3.41. The third kappa shape index (κ3) is 3.19. The van der Waals surface area contributed by atoms with E-state index in [-0.39, 0.29) is 11.7 Å². The Kier molecular flexibility index (Phi) is 3.95. The molecule has 2 nitrogen and oxygen atoms in total. The first-order valence-corrected chi connectivity index (χ1v) is 6.13. The largest absolute Gasteiger partial charge is 0.337 e.